The number of aryl methyl sites for hydroxylation is 2. The van der Waals surface area contributed by atoms with Crippen molar-refractivity contribution < 1.29 is 38.6 Å². The molecule has 0 bridgehead atoms. The lowest BCUT2D eigenvalue weighted by atomic mass is 9.53. The molecule has 11 nitrogen and oxygen atoms in total. The van der Waals surface area contributed by atoms with Gasteiger partial charge in [0.15, 0.2) is 34.7 Å². The van der Waals surface area contributed by atoms with Crippen molar-refractivity contribution in [3.05, 3.63) is 45.9 Å². The number of primary amides is 1. The van der Waals surface area contributed by atoms with Gasteiger partial charge in [-0.05, 0) is 55.9 Å². The van der Waals surface area contributed by atoms with Gasteiger partial charge in [-0.25, -0.2) is 0 Å². The molecule has 2 aromatic rings. The second kappa shape index (κ2) is 9.67. The van der Waals surface area contributed by atoms with Crippen LogP contribution in [-0.4, -0.2) is 58.9 Å². The number of fused-ring (bicyclic) bond motifs is 3. The number of phenolic OH excluding ortho intramolecular Hbond substituents is 1. The number of nitrogens with zero attached hydrogens (tertiary/aromatic N) is 1. The Bertz CT molecular complexity index is 1450. The standard InChI is InChI=1S/C29H33N3O8/c1-12-5-17(40-13(12)2)11-31-10-15-8-19(32(3)4)18-7-14-6-16-9-20(33)23(28(30)38)27(37)29(16,39)26(36)21(14)25(35)22(18)24(15)34/h5,8,14,16,21,23,31,34,39H,6-7,9-11H2,1-4H3,(H2,30,38)/t14-,16+,21?,23?,29+/m1/s1. The Morgan fingerprint density at radius 2 is 1.82 bits per heavy atom. The molecule has 5 N–H and O–H groups in total. The highest BCUT2D eigenvalue weighted by atomic mass is 16.3. The van der Waals surface area contributed by atoms with Gasteiger partial charge in [-0.1, -0.05) is 0 Å². The van der Waals surface area contributed by atoms with E-state index in [4.69, 9.17) is 10.2 Å². The van der Waals surface area contributed by atoms with E-state index in [1.54, 1.807) is 6.07 Å². The number of hydrogen-bond acceptors (Lipinski definition) is 10. The number of phenols is 1. The van der Waals surface area contributed by atoms with Gasteiger partial charge in [0.05, 0.1) is 18.0 Å². The van der Waals surface area contributed by atoms with Crippen LogP contribution in [-0.2, 0) is 38.7 Å². The molecule has 2 fully saturated rings. The largest absolute Gasteiger partial charge is 0.507 e. The number of amides is 1. The molecule has 3 aliphatic rings. The number of nitrogens with one attached hydrogen (secondary N) is 1. The van der Waals surface area contributed by atoms with Crippen molar-refractivity contribution >= 4 is 34.7 Å². The number of furan rings is 1. The van der Waals surface area contributed by atoms with E-state index in [2.05, 4.69) is 5.32 Å². The van der Waals surface area contributed by atoms with E-state index in [1.807, 2.05) is 38.9 Å². The Kier molecular flexibility index (Phi) is 6.70. The highest BCUT2D eigenvalue weighted by Gasteiger charge is 2.66. The molecule has 11 heteroatoms. The van der Waals surface area contributed by atoms with Crippen LogP contribution in [0.25, 0.3) is 0 Å². The van der Waals surface area contributed by atoms with Crippen LogP contribution in [0.5, 0.6) is 5.75 Å². The molecule has 5 atom stereocenters. The zero-order chi connectivity index (χ0) is 29.3. The maximum atomic E-state index is 13.9. The van der Waals surface area contributed by atoms with Gasteiger partial charge < -0.3 is 30.6 Å². The third-order valence-electron chi connectivity index (χ3n) is 8.77. The van der Waals surface area contributed by atoms with Gasteiger partial charge in [-0.3, -0.25) is 24.0 Å². The zero-order valence-corrected chi connectivity index (χ0v) is 22.9. The zero-order valence-electron chi connectivity index (χ0n) is 22.9. The minimum absolute atomic E-state index is 0.0184. The van der Waals surface area contributed by atoms with Crippen molar-refractivity contribution in [3.63, 3.8) is 0 Å². The summed E-state index contributed by atoms with van der Waals surface area (Å²) in [5.41, 5.74) is 5.27. The summed E-state index contributed by atoms with van der Waals surface area (Å²) in [6, 6.07) is 3.71. The van der Waals surface area contributed by atoms with Gasteiger partial charge in [0.25, 0.3) is 0 Å². The predicted molar refractivity (Wildman–Crippen MR) is 142 cm³/mol. The molecular formula is C29H33N3O8. The summed E-state index contributed by atoms with van der Waals surface area (Å²) < 4.78 is 5.69. The van der Waals surface area contributed by atoms with E-state index in [9.17, 15) is 34.2 Å². The van der Waals surface area contributed by atoms with Gasteiger partial charge in [-0.2, -0.15) is 0 Å². The SMILES string of the molecule is Cc1cc(CNCc2cc(N(C)C)c3c(c2O)C(=O)C2C(=O)[C@]4(O)C(=O)C(C(N)=O)C(=O)C[C@@H]4C[C@@H]2C3)oc1C. The lowest BCUT2D eigenvalue weighted by molar-refractivity contribution is -0.175. The highest BCUT2D eigenvalue weighted by molar-refractivity contribution is 6.31. The first-order valence-corrected chi connectivity index (χ1v) is 13.3. The quantitative estimate of drug-likeness (QED) is 0.377. The molecule has 1 heterocycles. The number of Topliss-reactive ketones (excluding diaryl/α,β-unsaturated/α-hetero) is 4. The van der Waals surface area contributed by atoms with E-state index in [0.717, 1.165) is 17.1 Å². The molecule has 40 heavy (non-hydrogen) atoms. The molecule has 0 spiro atoms. The van der Waals surface area contributed by atoms with Gasteiger partial charge in [0, 0.05) is 44.2 Å². The molecule has 3 aliphatic carbocycles. The lowest BCUT2D eigenvalue weighted by Gasteiger charge is -2.48. The fourth-order valence-electron chi connectivity index (χ4n) is 6.66. The van der Waals surface area contributed by atoms with Crippen LogP contribution in [0.2, 0.25) is 0 Å². The second-order valence-electron chi connectivity index (χ2n) is 11.4. The highest BCUT2D eigenvalue weighted by Crippen LogP contribution is 2.51. The van der Waals surface area contributed by atoms with Crippen molar-refractivity contribution in [1.82, 2.24) is 5.32 Å². The first-order chi connectivity index (χ1) is 18.8. The van der Waals surface area contributed by atoms with Crippen molar-refractivity contribution in [2.45, 2.75) is 51.8 Å². The topological polar surface area (TPSA) is 180 Å². The van der Waals surface area contributed by atoms with E-state index >= 15 is 0 Å². The average molecular weight is 552 g/mol. The predicted octanol–water partition coefficient (Wildman–Crippen LogP) is 0.893. The first kappa shape index (κ1) is 27.7. The second-order valence-corrected chi connectivity index (χ2v) is 11.4. The minimum Gasteiger partial charge on any atom is -0.507 e. The number of aliphatic hydroxyl groups is 1. The number of anilines is 1. The van der Waals surface area contributed by atoms with Crippen LogP contribution in [0.4, 0.5) is 5.69 Å². The fraction of sp³-hybridized carbons (Fsp3) is 0.483. The van der Waals surface area contributed by atoms with E-state index in [1.165, 1.54) is 0 Å². The van der Waals surface area contributed by atoms with Crippen molar-refractivity contribution in [3.8, 4) is 5.75 Å². The Balaban J connectivity index is 1.50. The van der Waals surface area contributed by atoms with Crippen molar-refractivity contribution in [2.75, 3.05) is 19.0 Å². The monoisotopic (exact) mass is 551 g/mol. The van der Waals surface area contributed by atoms with Gasteiger partial charge in [0.1, 0.15) is 17.3 Å². The molecule has 2 unspecified atom stereocenters. The molecule has 0 aliphatic heterocycles. The molecule has 2 saturated carbocycles. The summed E-state index contributed by atoms with van der Waals surface area (Å²) in [7, 11) is 3.62. The molecule has 5 rings (SSSR count). The van der Waals surface area contributed by atoms with Crippen molar-refractivity contribution in [1.29, 1.82) is 0 Å². The van der Waals surface area contributed by atoms with Gasteiger partial charge >= 0.3 is 0 Å². The van der Waals surface area contributed by atoms with E-state index in [0.29, 0.717) is 23.4 Å². The Morgan fingerprint density at radius 1 is 1.12 bits per heavy atom. The minimum atomic E-state index is -2.67. The summed E-state index contributed by atoms with van der Waals surface area (Å²) >= 11 is 0. The third-order valence-corrected chi connectivity index (χ3v) is 8.77. The number of hydrogen-bond donors (Lipinski definition) is 4. The summed E-state index contributed by atoms with van der Waals surface area (Å²) in [5, 5.41) is 25.9. The Labute approximate surface area is 230 Å². The molecule has 0 radical (unpaired) electrons. The van der Waals surface area contributed by atoms with Crippen LogP contribution in [0, 0.1) is 37.5 Å². The number of rotatable bonds is 6. The molecule has 212 valence electrons. The number of carbonyl (C=O) groups is 5. The molecule has 0 saturated heterocycles. The van der Waals surface area contributed by atoms with Crippen LogP contribution in [0.1, 0.15) is 51.4 Å². The summed E-state index contributed by atoms with van der Waals surface area (Å²) in [5.74, 6) is -8.67. The number of nitrogens with two attached hydrogens (primary N) is 1. The molecule has 1 amide bonds. The Morgan fingerprint density at radius 3 is 2.42 bits per heavy atom. The molecule has 1 aromatic carbocycles. The third kappa shape index (κ3) is 4.06. The Hall–Kier alpha value is -3.83. The number of benzene rings is 1. The number of ketones is 4. The average Bonchev–Trinajstić information content (AvgIpc) is 3.18. The maximum Gasteiger partial charge on any atom is 0.235 e. The van der Waals surface area contributed by atoms with Gasteiger partial charge in [0.2, 0.25) is 5.91 Å². The van der Waals surface area contributed by atoms with E-state index in [-0.39, 0.29) is 37.1 Å². The summed E-state index contributed by atoms with van der Waals surface area (Å²) in [4.78, 5) is 67.0. The lowest BCUT2D eigenvalue weighted by Crippen LogP contribution is -2.68. The fourth-order valence-corrected chi connectivity index (χ4v) is 6.66. The first-order valence-electron chi connectivity index (χ1n) is 13.3. The normalized spacial score (nSPS) is 27.7. The smallest absolute Gasteiger partial charge is 0.235 e. The summed E-state index contributed by atoms with van der Waals surface area (Å²) in [6.07, 6.45) is -0.0810. The van der Waals surface area contributed by atoms with Crippen LogP contribution in [0.15, 0.2) is 16.5 Å². The molecular weight excluding hydrogens is 518 g/mol. The van der Waals surface area contributed by atoms with Crippen LogP contribution >= 0.6 is 0 Å². The molecule has 1 aromatic heterocycles. The van der Waals surface area contributed by atoms with Crippen LogP contribution < -0.4 is 16.0 Å². The van der Waals surface area contributed by atoms with Crippen molar-refractivity contribution in [2.24, 2.45) is 29.4 Å². The number of carbonyl (C=O) groups excluding carboxylic acids is 5. The summed E-state index contributed by atoms with van der Waals surface area (Å²) in [6.45, 7) is 4.39. The maximum absolute atomic E-state index is 13.9. The van der Waals surface area contributed by atoms with Crippen LogP contribution in [0.3, 0.4) is 0 Å². The van der Waals surface area contributed by atoms with E-state index < -0.39 is 58.3 Å². The van der Waals surface area contributed by atoms with Gasteiger partial charge in [-0.15, -0.1) is 0 Å². The number of aromatic hydroxyl groups is 1.